The molecule has 0 saturated carbocycles. The molecule has 0 radical (unpaired) electrons. The van der Waals surface area contributed by atoms with E-state index < -0.39 is 5.97 Å². The van der Waals surface area contributed by atoms with Gasteiger partial charge < -0.3 is 9.84 Å². The Balaban J connectivity index is 2.33. The van der Waals surface area contributed by atoms with Gasteiger partial charge in [-0.15, -0.1) is 0 Å². The minimum absolute atomic E-state index is 0.197. The van der Waals surface area contributed by atoms with Gasteiger partial charge in [0.2, 0.25) is 0 Å². The summed E-state index contributed by atoms with van der Waals surface area (Å²) in [6, 6.07) is 13.8. The lowest BCUT2D eigenvalue weighted by Crippen LogP contribution is -2.00. The number of aromatic nitrogens is 1. The van der Waals surface area contributed by atoms with Crippen LogP contribution in [-0.2, 0) is 0 Å². The van der Waals surface area contributed by atoms with Gasteiger partial charge in [-0.05, 0) is 30.3 Å². The molecule has 0 aliphatic carbocycles. The Kier molecular flexibility index (Phi) is 3.69. The van der Waals surface area contributed by atoms with Gasteiger partial charge in [-0.3, -0.25) is 0 Å². The summed E-state index contributed by atoms with van der Waals surface area (Å²) in [5.74, 6) is -0.413. The molecule has 0 fully saturated rings. The van der Waals surface area contributed by atoms with Crippen molar-refractivity contribution in [2.45, 2.75) is 0 Å². The summed E-state index contributed by atoms with van der Waals surface area (Å²) < 4.78 is 5.32. The average Bonchev–Trinajstić information content (AvgIpc) is 2.53. The highest BCUT2D eigenvalue weighted by Crippen LogP contribution is 2.33. The van der Waals surface area contributed by atoms with E-state index in [9.17, 15) is 9.90 Å². The summed E-state index contributed by atoms with van der Waals surface area (Å²) in [4.78, 5) is 16.1. The molecule has 0 amide bonds. The summed E-state index contributed by atoms with van der Waals surface area (Å²) in [6.07, 6.45) is 0. The van der Waals surface area contributed by atoms with Crippen LogP contribution in [-0.4, -0.2) is 23.2 Å². The lowest BCUT2D eigenvalue weighted by molar-refractivity contribution is 0.0699. The Morgan fingerprint density at radius 3 is 2.68 bits per heavy atom. The van der Waals surface area contributed by atoms with Crippen LogP contribution in [0.2, 0.25) is 5.02 Å². The minimum atomic E-state index is -0.999. The van der Waals surface area contributed by atoms with Crippen molar-refractivity contribution in [1.29, 1.82) is 0 Å². The van der Waals surface area contributed by atoms with Crippen LogP contribution in [0, 0.1) is 0 Å². The number of carbonyl (C=O) groups is 1. The maximum Gasteiger partial charge on any atom is 0.336 e. The first-order chi connectivity index (χ1) is 10.6. The molecule has 0 spiro atoms. The number of para-hydroxylation sites is 1. The van der Waals surface area contributed by atoms with Crippen LogP contribution in [0.1, 0.15) is 10.4 Å². The van der Waals surface area contributed by atoms with Crippen LogP contribution in [0.4, 0.5) is 0 Å². The number of ether oxygens (including phenoxy) is 1. The maximum absolute atomic E-state index is 11.5. The Morgan fingerprint density at radius 1 is 1.18 bits per heavy atom. The van der Waals surface area contributed by atoms with Gasteiger partial charge in [0.1, 0.15) is 5.75 Å². The highest BCUT2D eigenvalue weighted by atomic mass is 35.5. The zero-order valence-corrected chi connectivity index (χ0v) is 12.5. The molecule has 110 valence electrons. The number of rotatable bonds is 3. The molecule has 0 saturated heterocycles. The van der Waals surface area contributed by atoms with Crippen molar-refractivity contribution in [3.8, 4) is 17.0 Å². The third-order valence-electron chi connectivity index (χ3n) is 3.38. The maximum atomic E-state index is 11.5. The van der Waals surface area contributed by atoms with E-state index in [1.54, 1.807) is 49.6 Å². The van der Waals surface area contributed by atoms with Gasteiger partial charge in [0.05, 0.1) is 23.9 Å². The van der Waals surface area contributed by atoms with E-state index in [0.717, 1.165) is 0 Å². The summed E-state index contributed by atoms with van der Waals surface area (Å²) in [5, 5.41) is 10.6. The molecule has 5 heteroatoms. The lowest BCUT2D eigenvalue weighted by atomic mass is 10.0. The first-order valence-electron chi connectivity index (χ1n) is 6.57. The molecule has 4 nitrogen and oxygen atoms in total. The summed E-state index contributed by atoms with van der Waals surface area (Å²) in [5.41, 5.74) is 1.97. The van der Waals surface area contributed by atoms with E-state index in [0.29, 0.717) is 32.9 Å². The summed E-state index contributed by atoms with van der Waals surface area (Å²) in [6.45, 7) is 0. The van der Waals surface area contributed by atoms with E-state index >= 15 is 0 Å². The monoisotopic (exact) mass is 313 g/mol. The number of fused-ring (bicyclic) bond motifs is 1. The molecule has 0 unspecified atom stereocenters. The molecular weight excluding hydrogens is 302 g/mol. The van der Waals surface area contributed by atoms with Crippen LogP contribution in [0.3, 0.4) is 0 Å². The molecule has 3 aromatic rings. The average molecular weight is 314 g/mol. The fourth-order valence-corrected chi connectivity index (χ4v) is 2.54. The highest BCUT2D eigenvalue weighted by Gasteiger charge is 2.15. The molecule has 22 heavy (non-hydrogen) atoms. The molecule has 1 aromatic heterocycles. The molecule has 0 aliphatic heterocycles. The fourth-order valence-electron chi connectivity index (χ4n) is 2.37. The number of methoxy groups -OCH3 is 1. The second-order valence-electron chi connectivity index (χ2n) is 4.72. The number of benzene rings is 2. The molecule has 0 bridgehead atoms. The molecule has 0 aliphatic rings. The first-order valence-corrected chi connectivity index (χ1v) is 6.95. The molecular formula is C17H12ClNO3. The second-order valence-corrected chi connectivity index (χ2v) is 5.16. The van der Waals surface area contributed by atoms with Crippen LogP contribution < -0.4 is 4.74 Å². The van der Waals surface area contributed by atoms with Crippen LogP contribution in [0.15, 0.2) is 48.5 Å². The number of carboxylic acids is 1. The van der Waals surface area contributed by atoms with Gasteiger partial charge in [-0.25, -0.2) is 9.78 Å². The quantitative estimate of drug-likeness (QED) is 0.784. The van der Waals surface area contributed by atoms with Crippen molar-refractivity contribution in [2.24, 2.45) is 0 Å². The van der Waals surface area contributed by atoms with E-state index in [4.69, 9.17) is 16.3 Å². The summed E-state index contributed by atoms with van der Waals surface area (Å²) >= 11 is 6.04. The lowest BCUT2D eigenvalue weighted by Gasteiger charge is -2.11. The van der Waals surface area contributed by atoms with Crippen molar-refractivity contribution in [3.63, 3.8) is 0 Å². The molecule has 1 N–H and O–H groups in total. The normalized spacial score (nSPS) is 10.6. The Hall–Kier alpha value is -2.59. The highest BCUT2D eigenvalue weighted by molar-refractivity contribution is 6.31. The molecule has 3 rings (SSSR count). The molecule has 2 aromatic carbocycles. The van der Waals surface area contributed by atoms with Crippen LogP contribution >= 0.6 is 11.6 Å². The number of halogens is 1. The predicted octanol–water partition coefficient (Wildman–Crippen LogP) is 4.26. The zero-order valence-electron chi connectivity index (χ0n) is 11.7. The largest absolute Gasteiger partial charge is 0.496 e. The van der Waals surface area contributed by atoms with Crippen molar-refractivity contribution < 1.29 is 14.6 Å². The topological polar surface area (TPSA) is 59.4 Å². The van der Waals surface area contributed by atoms with E-state index in [2.05, 4.69) is 4.98 Å². The van der Waals surface area contributed by atoms with Crippen molar-refractivity contribution in [3.05, 3.63) is 59.1 Å². The van der Waals surface area contributed by atoms with Gasteiger partial charge in [-0.2, -0.15) is 0 Å². The Bertz CT molecular complexity index is 877. The first kappa shape index (κ1) is 14.4. The number of pyridine rings is 1. The Morgan fingerprint density at radius 2 is 1.95 bits per heavy atom. The standard InChI is InChI=1S/C17H12ClNO3/c1-22-16-7-6-10(18)8-13(16)15-9-12(17(20)21)11-4-2-3-5-14(11)19-15/h2-9H,1H3,(H,20,21). The number of carboxylic acid groups (broad SMARTS) is 1. The third kappa shape index (κ3) is 2.49. The van der Waals surface area contributed by atoms with Gasteiger partial charge >= 0.3 is 5.97 Å². The number of hydrogen-bond donors (Lipinski definition) is 1. The van der Waals surface area contributed by atoms with Gasteiger partial charge in [0, 0.05) is 16.0 Å². The summed E-state index contributed by atoms with van der Waals surface area (Å²) in [7, 11) is 1.55. The third-order valence-corrected chi connectivity index (χ3v) is 3.62. The number of hydrogen-bond acceptors (Lipinski definition) is 3. The zero-order chi connectivity index (χ0) is 15.7. The number of aromatic carboxylic acids is 1. The van der Waals surface area contributed by atoms with Gasteiger partial charge in [0.15, 0.2) is 0 Å². The fraction of sp³-hybridized carbons (Fsp3) is 0.0588. The molecule has 0 atom stereocenters. The minimum Gasteiger partial charge on any atom is -0.496 e. The molecule has 1 heterocycles. The van der Waals surface area contributed by atoms with Crippen molar-refractivity contribution in [2.75, 3.05) is 7.11 Å². The smallest absolute Gasteiger partial charge is 0.336 e. The second kappa shape index (κ2) is 5.66. The SMILES string of the molecule is COc1ccc(Cl)cc1-c1cc(C(=O)O)c2ccccc2n1. The Labute approximate surface area is 131 Å². The van der Waals surface area contributed by atoms with E-state index in [-0.39, 0.29) is 5.56 Å². The number of nitrogens with zero attached hydrogens (tertiary/aromatic N) is 1. The van der Waals surface area contributed by atoms with Crippen molar-refractivity contribution >= 4 is 28.5 Å². The van der Waals surface area contributed by atoms with E-state index in [1.807, 2.05) is 6.07 Å². The van der Waals surface area contributed by atoms with Gasteiger partial charge in [-0.1, -0.05) is 29.8 Å². The predicted molar refractivity (Wildman–Crippen MR) is 85.7 cm³/mol. The van der Waals surface area contributed by atoms with Gasteiger partial charge in [0.25, 0.3) is 0 Å². The van der Waals surface area contributed by atoms with Crippen LogP contribution in [0.25, 0.3) is 22.2 Å². The van der Waals surface area contributed by atoms with Crippen molar-refractivity contribution in [1.82, 2.24) is 4.98 Å². The van der Waals surface area contributed by atoms with E-state index in [1.165, 1.54) is 0 Å². The van der Waals surface area contributed by atoms with Crippen LogP contribution in [0.5, 0.6) is 5.75 Å².